The van der Waals surface area contributed by atoms with Crippen molar-refractivity contribution in [1.29, 1.82) is 0 Å². The Bertz CT molecular complexity index is 236. The molecule has 0 bridgehead atoms. The highest BCUT2D eigenvalue weighted by molar-refractivity contribution is 5.72. The smallest absolute Gasteiger partial charge is 0.407 e. The van der Waals surface area contributed by atoms with Crippen LogP contribution >= 0.6 is 0 Å². The number of hydrogen-bond donors (Lipinski definition) is 4. The molecule has 1 amide bonds. The quantitative estimate of drug-likeness (QED) is 0.412. The molecular weight excluding hydrogens is 226 g/mol. The van der Waals surface area contributed by atoms with Crippen LogP contribution in [-0.4, -0.2) is 42.9 Å². The van der Waals surface area contributed by atoms with Crippen molar-refractivity contribution < 1.29 is 19.4 Å². The average Bonchev–Trinajstić information content (AvgIpc) is 2.28. The number of carbonyl (C=O) groups excluding carboxylic acids is 1. The van der Waals surface area contributed by atoms with Crippen LogP contribution in [0.4, 0.5) is 4.79 Å². The Morgan fingerprint density at radius 3 is 2.59 bits per heavy atom. The molecule has 0 aromatic heterocycles. The lowest BCUT2D eigenvalue weighted by molar-refractivity contribution is -0.138. The molecule has 0 heterocycles. The predicted molar refractivity (Wildman–Crippen MR) is 62.5 cm³/mol. The molecule has 0 aromatic carbocycles. The Kier molecular flexibility index (Phi) is 9.08. The second-order valence-electron chi connectivity index (χ2n) is 3.65. The van der Waals surface area contributed by atoms with Gasteiger partial charge in [0.1, 0.15) is 6.04 Å². The Balaban J connectivity index is 3.33. The van der Waals surface area contributed by atoms with E-state index in [1.165, 1.54) is 0 Å². The molecule has 100 valence electrons. The summed E-state index contributed by atoms with van der Waals surface area (Å²) in [5, 5.41) is 11.1. The Hall–Kier alpha value is -1.34. The summed E-state index contributed by atoms with van der Waals surface area (Å²) in [6.07, 6.45) is 1.84. The minimum Gasteiger partial charge on any atom is -0.480 e. The summed E-state index contributed by atoms with van der Waals surface area (Å²) in [7, 11) is 0. The highest BCUT2D eigenvalue weighted by Crippen LogP contribution is 1.99. The highest BCUT2D eigenvalue weighted by Gasteiger charge is 2.10. The summed E-state index contributed by atoms with van der Waals surface area (Å²) in [6, 6.07) is -0.839. The minimum atomic E-state index is -1.01. The lowest BCUT2D eigenvalue weighted by Gasteiger charge is -2.07. The van der Waals surface area contributed by atoms with Gasteiger partial charge < -0.3 is 26.6 Å². The first-order valence-electron chi connectivity index (χ1n) is 5.67. The van der Waals surface area contributed by atoms with E-state index in [0.29, 0.717) is 38.8 Å². The standard InChI is InChI=1S/C10H21N3O4/c11-5-3-6-13-10(16)17-7-2-1-4-8(12)9(14)15/h8H,1-7,11-12H2,(H,13,16)(H,14,15)/t8-/m0/s1. The van der Waals surface area contributed by atoms with E-state index >= 15 is 0 Å². The van der Waals surface area contributed by atoms with Gasteiger partial charge in [0.25, 0.3) is 0 Å². The topological polar surface area (TPSA) is 128 Å². The zero-order valence-corrected chi connectivity index (χ0v) is 9.85. The van der Waals surface area contributed by atoms with Crippen molar-refractivity contribution in [3.63, 3.8) is 0 Å². The zero-order chi connectivity index (χ0) is 13.1. The fourth-order valence-electron chi connectivity index (χ4n) is 1.10. The van der Waals surface area contributed by atoms with Gasteiger partial charge in [0.2, 0.25) is 0 Å². The Labute approximate surface area is 100 Å². The normalized spacial score (nSPS) is 11.9. The summed E-state index contributed by atoms with van der Waals surface area (Å²) < 4.78 is 4.85. The first-order valence-corrected chi connectivity index (χ1v) is 5.67. The summed E-state index contributed by atoms with van der Waals surface area (Å²) >= 11 is 0. The van der Waals surface area contributed by atoms with Crippen LogP contribution in [-0.2, 0) is 9.53 Å². The molecule has 0 aliphatic heterocycles. The summed E-state index contributed by atoms with van der Waals surface area (Å²) in [6.45, 7) is 1.29. The largest absolute Gasteiger partial charge is 0.480 e. The van der Waals surface area contributed by atoms with Crippen LogP contribution in [0.3, 0.4) is 0 Å². The average molecular weight is 247 g/mol. The maximum absolute atomic E-state index is 11.0. The maximum Gasteiger partial charge on any atom is 0.407 e. The summed E-state index contributed by atoms with van der Waals surface area (Å²) in [4.78, 5) is 21.4. The van der Waals surface area contributed by atoms with Gasteiger partial charge in [-0.3, -0.25) is 4.79 Å². The van der Waals surface area contributed by atoms with Crippen LogP contribution in [0.5, 0.6) is 0 Å². The Morgan fingerprint density at radius 1 is 1.29 bits per heavy atom. The van der Waals surface area contributed by atoms with Crippen LogP contribution in [0.2, 0.25) is 0 Å². The zero-order valence-electron chi connectivity index (χ0n) is 9.85. The third kappa shape index (κ3) is 9.58. The monoisotopic (exact) mass is 247 g/mol. The second-order valence-corrected chi connectivity index (χ2v) is 3.65. The molecule has 7 heteroatoms. The van der Waals surface area contributed by atoms with Gasteiger partial charge in [-0.05, 0) is 32.2 Å². The second kappa shape index (κ2) is 9.86. The molecule has 0 aliphatic carbocycles. The van der Waals surface area contributed by atoms with E-state index in [-0.39, 0.29) is 6.61 Å². The Morgan fingerprint density at radius 2 is 2.00 bits per heavy atom. The molecule has 0 aliphatic rings. The lowest BCUT2D eigenvalue weighted by atomic mass is 10.1. The van der Waals surface area contributed by atoms with Crippen LogP contribution in [0.25, 0.3) is 0 Å². The first kappa shape index (κ1) is 15.7. The molecular formula is C10H21N3O4. The van der Waals surface area contributed by atoms with Gasteiger partial charge in [-0.1, -0.05) is 0 Å². The maximum atomic E-state index is 11.0. The van der Waals surface area contributed by atoms with Gasteiger partial charge in [-0.25, -0.2) is 4.79 Å². The number of hydrogen-bond acceptors (Lipinski definition) is 5. The molecule has 0 radical (unpaired) electrons. The number of unbranched alkanes of at least 4 members (excludes halogenated alkanes) is 1. The molecule has 17 heavy (non-hydrogen) atoms. The first-order chi connectivity index (χ1) is 8.07. The number of nitrogens with one attached hydrogen (secondary N) is 1. The molecule has 0 saturated heterocycles. The van der Waals surface area contributed by atoms with Crippen LogP contribution in [0, 0.1) is 0 Å². The van der Waals surface area contributed by atoms with E-state index in [2.05, 4.69) is 5.32 Å². The molecule has 0 fully saturated rings. The van der Waals surface area contributed by atoms with E-state index in [0.717, 1.165) is 0 Å². The van der Waals surface area contributed by atoms with Crippen molar-refractivity contribution in [1.82, 2.24) is 5.32 Å². The number of alkyl carbamates (subject to hydrolysis) is 1. The van der Waals surface area contributed by atoms with Crippen molar-refractivity contribution in [2.45, 2.75) is 31.7 Å². The molecule has 0 rings (SSSR count). The summed E-state index contributed by atoms with van der Waals surface area (Å²) in [5.41, 5.74) is 10.6. The van der Waals surface area contributed by atoms with E-state index in [4.69, 9.17) is 21.3 Å². The fourth-order valence-corrected chi connectivity index (χ4v) is 1.10. The molecule has 6 N–H and O–H groups in total. The number of aliphatic carboxylic acids is 1. The van der Waals surface area contributed by atoms with Gasteiger partial charge in [0.05, 0.1) is 6.61 Å². The lowest BCUT2D eigenvalue weighted by Crippen LogP contribution is -2.30. The third-order valence-corrected chi connectivity index (χ3v) is 2.11. The van der Waals surface area contributed by atoms with E-state index in [1.807, 2.05) is 0 Å². The third-order valence-electron chi connectivity index (χ3n) is 2.11. The van der Waals surface area contributed by atoms with E-state index in [1.54, 1.807) is 0 Å². The molecule has 0 spiro atoms. The number of nitrogens with two attached hydrogens (primary N) is 2. The number of amides is 1. The molecule has 1 atom stereocenters. The predicted octanol–water partition coefficient (Wildman–Crippen LogP) is -0.356. The highest BCUT2D eigenvalue weighted by atomic mass is 16.5. The summed E-state index contributed by atoms with van der Waals surface area (Å²) in [5.74, 6) is -1.01. The van der Waals surface area contributed by atoms with Gasteiger partial charge in [-0.2, -0.15) is 0 Å². The van der Waals surface area contributed by atoms with Gasteiger partial charge >= 0.3 is 12.1 Å². The van der Waals surface area contributed by atoms with Crippen LogP contribution < -0.4 is 16.8 Å². The van der Waals surface area contributed by atoms with Crippen molar-refractivity contribution >= 4 is 12.1 Å². The number of carboxylic acids is 1. The number of carboxylic acid groups (broad SMARTS) is 1. The van der Waals surface area contributed by atoms with Gasteiger partial charge in [-0.15, -0.1) is 0 Å². The van der Waals surface area contributed by atoms with E-state index < -0.39 is 18.1 Å². The number of ether oxygens (including phenoxy) is 1. The number of carbonyl (C=O) groups is 2. The van der Waals surface area contributed by atoms with Crippen molar-refractivity contribution in [2.24, 2.45) is 11.5 Å². The van der Waals surface area contributed by atoms with Crippen molar-refractivity contribution in [2.75, 3.05) is 19.7 Å². The molecule has 0 aromatic rings. The molecule has 0 saturated carbocycles. The fraction of sp³-hybridized carbons (Fsp3) is 0.800. The number of rotatable bonds is 9. The molecule has 0 unspecified atom stereocenters. The van der Waals surface area contributed by atoms with Gasteiger partial charge in [0, 0.05) is 6.54 Å². The van der Waals surface area contributed by atoms with E-state index in [9.17, 15) is 9.59 Å². The van der Waals surface area contributed by atoms with Crippen molar-refractivity contribution in [3.8, 4) is 0 Å². The van der Waals surface area contributed by atoms with Crippen LogP contribution in [0.1, 0.15) is 25.7 Å². The SMILES string of the molecule is NCCCNC(=O)OCCCC[C@H](N)C(=O)O. The van der Waals surface area contributed by atoms with Gasteiger partial charge in [0.15, 0.2) is 0 Å². The van der Waals surface area contributed by atoms with Crippen LogP contribution in [0.15, 0.2) is 0 Å². The minimum absolute atomic E-state index is 0.265. The van der Waals surface area contributed by atoms with Crippen molar-refractivity contribution in [3.05, 3.63) is 0 Å². The molecule has 7 nitrogen and oxygen atoms in total.